The van der Waals surface area contributed by atoms with E-state index in [0.717, 1.165) is 0 Å². The smallest absolute Gasteiger partial charge is 0.263 e. The summed E-state index contributed by atoms with van der Waals surface area (Å²) in [5.41, 5.74) is -0.764. The number of aliphatic hydroxyl groups is 1. The first-order valence-electron chi connectivity index (χ1n) is 7.91. The van der Waals surface area contributed by atoms with Crippen LogP contribution in [0.3, 0.4) is 0 Å². The molecule has 3 rings (SSSR count). The molecule has 0 radical (unpaired) electrons. The number of rotatable bonds is 6. The van der Waals surface area contributed by atoms with E-state index in [1.807, 2.05) is 0 Å². The zero-order valence-electron chi connectivity index (χ0n) is 14.3. The number of amides is 1. The largest absolute Gasteiger partial charge is 0.463 e. The number of oxazole rings is 1. The fourth-order valence-electron chi connectivity index (χ4n) is 2.39. The summed E-state index contributed by atoms with van der Waals surface area (Å²) in [6.45, 7) is 5.15. The first-order valence-corrected chi connectivity index (χ1v) is 7.91. The number of nitrogens with one attached hydrogen (secondary N) is 1. The maximum Gasteiger partial charge on any atom is 0.263 e. The quantitative estimate of drug-likeness (QED) is 0.713. The summed E-state index contributed by atoms with van der Waals surface area (Å²) in [5, 5.41) is 13.1. The summed E-state index contributed by atoms with van der Waals surface area (Å²) in [6.07, 6.45) is 1.57. The molecule has 2 N–H and O–H groups in total. The van der Waals surface area contributed by atoms with Crippen molar-refractivity contribution in [2.75, 3.05) is 6.54 Å². The van der Waals surface area contributed by atoms with Crippen molar-refractivity contribution in [3.63, 3.8) is 0 Å². The number of carbonyl (C=O) groups excluding carboxylic acids is 1. The summed E-state index contributed by atoms with van der Waals surface area (Å²) in [6, 6.07) is 6.93. The highest BCUT2D eigenvalue weighted by Crippen LogP contribution is 2.23. The summed E-state index contributed by atoms with van der Waals surface area (Å²) >= 11 is 0. The Hall–Kier alpha value is -2.80. The van der Waals surface area contributed by atoms with Gasteiger partial charge in [0, 0.05) is 0 Å². The highest BCUT2D eigenvalue weighted by atomic mass is 16.4. The van der Waals surface area contributed by atoms with Crippen LogP contribution in [0.5, 0.6) is 0 Å². The number of furan rings is 2. The predicted molar refractivity (Wildman–Crippen MR) is 88.7 cm³/mol. The van der Waals surface area contributed by atoms with E-state index in [9.17, 15) is 9.90 Å². The molecule has 0 spiro atoms. The third-order valence-electron chi connectivity index (χ3n) is 3.85. The van der Waals surface area contributed by atoms with Crippen molar-refractivity contribution in [1.29, 1.82) is 0 Å². The summed E-state index contributed by atoms with van der Waals surface area (Å²) in [4.78, 5) is 16.5. The molecule has 0 saturated heterocycles. The molecule has 1 amide bonds. The van der Waals surface area contributed by atoms with Gasteiger partial charge in [-0.15, -0.1) is 0 Å². The minimum atomic E-state index is -1.29. The van der Waals surface area contributed by atoms with Crippen LogP contribution in [0, 0.1) is 13.8 Å². The van der Waals surface area contributed by atoms with Crippen LogP contribution in [0.25, 0.3) is 11.7 Å². The predicted octanol–water partition coefficient (Wildman–Crippen LogP) is 2.71. The van der Waals surface area contributed by atoms with Crippen LogP contribution in [0.4, 0.5) is 0 Å². The number of aromatic nitrogens is 1. The molecule has 7 heteroatoms. The van der Waals surface area contributed by atoms with Gasteiger partial charge in [0.05, 0.1) is 24.9 Å². The third-order valence-corrected chi connectivity index (χ3v) is 3.85. The van der Waals surface area contributed by atoms with E-state index in [1.54, 1.807) is 45.0 Å². The van der Waals surface area contributed by atoms with Gasteiger partial charge < -0.3 is 23.7 Å². The van der Waals surface area contributed by atoms with Crippen LogP contribution in [-0.2, 0) is 16.8 Å². The van der Waals surface area contributed by atoms with E-state index in [2.05, 4.69) is 10.3 Å². The minimum absolute atomic E-state index is 0.0285. The highest BCUT2D eigenvalue weighted by molar-refractivity contribution is 5.78. The fraction of sp³-hybridized carbons (Fsp3) is 0.333. The lowest BCUT2D eigenvalue weighted by Crippen LogP contribution is -2.39. The molecule has 0 aliphatic carbocycles. The Bertz CT molecular complexity index is 858. The maximum atomic E-state index is 12.2. The molecule has 25 heavy (non-hydrogen) atoms. The van der Waals surface area contributed by atoms with Gasteiger partial charge in [0.1, 0.15) is 22.9 Å². The van der Waals surface area contributed by atoms with Crippen molar-refractivity contribution in [2.24, 2.45) is 0 Å². The first-order chi connectivity index (χ1) is 11.8. The first kappa shape index (κ1) is 17.0. The van der Waals surface area contributed by atoms with E-state index in [1.165, 1.54) is 6.26 Å². The van der Waals surface area contributed by atoms with Crippen LogP contribution in [0.15, 0.2) is 43.8 Å². The Balaban J connectivity index is 1.61. The van der Waals surface area contributed by atoms with E-state index in [0.29, 0.717) is 34.6 Å². The molecule has 3 aromatic rings. The van der Waals surface area contributed by atoms with Crippen molar-refractivity contribution >= 4 is 5.91 Å². The van der Waals surface area contributed by atoms with Crippen molar-refractivity contribution in [1.82, 2.24) is 10.3 Å². The van der Waals surface area contributed by atoms with Crippen molar-refractivity contribution in [3.05, 3.63) is 53.5 Å². The number of aryl methyl sites for hydroxylation is 2. The molecule has 7 nitrogen and oxygen atoms in total. The summed E-state index contributed by atoms with van der Waals surface area (Å²) in [5.74, 6) is 2.23. The van der Waals surface area contributed by atoms with Gasteiger partial charge in [-0.2, -0.15) is 0 Å². The van der Waals surface area contributed by atoms with Crippen molar-refractivity contribution < 1.29 is 23.2 Å². The van der Waals surface area contributed by atoms with Gasteiger partial charge in [-0.05, 0) is 45.0 Å². The Labute approximate surface area is 144 Å². The Morgan fingerprint density at radius 2 is 2.08 bits per heavy atom. The Morgan fingerprint density at radius 3 is 2.72 bits per heavy atom. The van der Waals surface area contributed by atoms with E-state index in [4.69, 9.17) is 13.3 Å². The average Bonchev–Trinajstić information content (AvgIpc) is 3.27. The maximum absolute atomic E-state index is 12.2. The van der Waals surface area contributed by atoms with Crippen LogP contribution >= 0.6 is 0 Å². The number of hydrogen-bond acceptors (Lipinski definition) is 6. The third kappa shape index (κ3) is 3.83. The Morgan fingerprint density at radius 1 is 1.28 bits per heavy atom. The van der Waals surface area contributed by atoms with Gasteiger partial charge in [-0.25, -0.2) is 4.98 Å². The number of carbonyl (C=O) groups is 1. The molecule has 3 aromatic heterocycles. The van der Waals surface area contributed by atoms with Gasteiger partial charge in [-0.1, -0.05) is 0 Å². The van der Waals surface area contributed by atoms with Gasteiger partial charge in [0.2, 0.25) is 5.91 Å². The second-order valence-corrected chi connectivity index (χ2v) is 6.14. The fourth-order valence-corrected chi connectivity index (χ4v) is 2.39. The molecule has 0 aliphatic heterocycles. The van der Waals surface area contributed by atoms with Crippen LogP contribution in [0.2, 0.25) is 0 Å². The lowest BCUT2D eigenvalue weighted by Gasteiger charge is -2.21. The molecule has 0 saturated carbocycles. The van der Waals surface area contributed by atoms with Crippen LogP contribution < -0.4 is 5.32 Å². The van der Waals surface area contributed by atoms with Gasteiger partial charge >= 0.3 is 0 Å². The average molecular weight is 344 g/mol. The molecule has 3 heterocycles. The second-order valence-electron chi connectivity index (χ2n) is 6.14. The minimum Gasteiger partial charge on any atom is -0.463 e. The zero-order valence-corrected chi connectivity index (χ0v) is 14.3. The monoisotopic (exact) mass is 344 g/mol. The van der Waals surface area contributed by atoms with Gasteiger partial charge in [0.15, 0.2) is 5.76 Å². The van der Waals surface area contributed by atoms with E-state index < -0.39 is 5.60 Å². The van der Waals surface area contributed by atoms with E-state index in [-0.39, 0.29) is 18.9 Å². The molecule has 1 atom stereocenters. The van der Waals surface area contributed by atoms with Gasteiger partial charge in [-0.3, -0.25) is 4.79 Å². The second kappa shape index (κ2) is 6.60. The summed E-state index contributed by atoms with van der Waals surface area (Å²) < 4.78 is 16.2. The molecule has 0 aromatic carbocycles. The molecule has 0 aliphatic rings. The van der Waals surface area contributed by atoms with Crippen molar-refractivity contribution in [3.8, 4) is 11.7 Å². The van der Waals surface area contributed by atoms with Gasteiger partial charge in [0.25, 0.3) is 5.89 Å². The highest BCUT2D eigenvalue weighted by Gasteiger charge is 2.27. The normalized spacial score (nSPS) is 13.6. The standard InChI is InChI=1S/C18H20N2O5/c1-11-6-7-15(24-11)18(3,22)10-19-16(21)9-13-12(2)25-17(20-13)14-5-4-8-23-14/h4-8,22H,9-10H2,1-3H3,(H,19,21). The summed E-state index contributed by atoms with van der Waals surface area (Å²) in [7, 11) is 0. The lowest BCUT2D eigenvalue weighted by atomic mass is 10.0. The molecular weight excluding hydrogens is 324 g/mol. The zero-order chi connectivity index (χ0) is 18.0. The lowest BCUT2D eigenvalue weighted by molar-refractivity contribution is -0.121. The molecule has 1 unspecified atom stereocenters. The molecular formula is C18H20N2O5. The van der Waals surface area contributed by atoms with Crippen molar-refractivity contribution in [2.45, 2.75) is 32.8 Å². The molecule has 0 fully saturated rings. The topological polar surface area (TPSA) is 102 Å². The van der Waals surface area contributed by atoms with E-state index >= 15 is 0 Å². The number of nitrogens with zero attached hydrogens (tertiary/aromatic N) is 1. The number of hydrogen-bond donors (Lipinski definition) is 2. The SMILES string of the molecule is Cc1ccc(C(C)(O)CNC(=O)Cc2nc(-c3ccco3)oc2C)o1. The van der Waals surface area contributed by atoms with Crippen LogP contribution in [0.1, 0.15) is 29.9 Å². The Kier molecular flexibility index (Phi) is 4.50. The molecule has 132 valence electrons. The molecule has 0 bridgehead atoms. The van der Waals surface area contributed by atoms with Crippen LogP contribution in [-0.4, -0.2) is 22.5 Å².